The molecule has 3 amide bonds. The molecule has 0 spiro atoms. The average Bonchev–Trinajstić information content (AvgIpc) is 3.46. The van der Waals surface area contributed by atoms with Gasteiger partial charge < -0.3 is 19.5 Å². The van der Waals surface area contributed by atoms with Crippen molar-refractivity contribution in [2.75, 3.05) is 26.2 Å². The van der Waals surface area contributed by atoms with Crippen LogP contribution < -0.4 is 5.32 Å². The Morgan fingerprint density at radius 1 is 1.10 bits per heavy atom. The number of benzene rings is 1. The molecule has 2 aromatic rings. The van der Waals surface area contributed by atoms with Crippen molar-refractivity contribution in [1.82, 2.24) is 15.1 Å². The van der Waals surface area contributed by atoms with Gasteiger partial charge in [0.25, 0.3) is 5.91 Å². The second-order valence-corrected chi connectivity index (χ2v) is 7.99. The molecule has 3 heterocycles. The van der Waals surface area contributed by atoms with Crippen molar-refractivity contribution in [3.8, 4) is 0 Å². The number of hydrogen-bond donors (Lipinski definition) is 1. The summed E-state index contributed by atoms with van der Waals surface area (Å²) in [7, 11) is 0. The second kappa shape index (κ2) is 9.15. The highest BCUT2D eigenvalue weighted by Gasteiger charge is 2.31. The highest BCUT2D eigenvalue weighted by molar-refractivity contribution is 5.94. The summed E-state index contributed by atoms with van der Waals surface area (Å²) in [6.45, 7) is 2.32. The third kappa shape index (κ3) is 4.56. The number of carbonyl (C=O) groups excluding carboxylic acids is 3. The highest BCUT2D eigenvalue weighted by atomic mass is 16.3. The first kappa shape index (κ1) is 20.2. The summed E-state index contributed by atoms with van der Waals surface area (Å²) in [5, 5.41) is 3.17. The van der Waals surface area contributed by atoms with Crippen LogP contribution in [-0.2, 0) is 9.59 Å². The number of nitrogens with zero attached hydrogens (tertiary/aromatic N) is 2. The van der Waals surface area contributed by atoms with E-state index in [1.54, 1.807) is 11.0 Å². The molecule has 2 fully saturated rings. The van der Waals surface area contributed by atoms with E-state index in [9.17, 15) is 14.4 Å². The van der Waals surface area contributed by atoms with Gasteiger partial charge in [-0.25, -0.2) is 0 Å². The Hall–Kier alpha value is -3.09. The molecule has 0 aliphatic carbocycles. The summed E-state index contributed by atoms with van der Waals surface area (Å²) >= 11 is 0. The predicted molar refractivity (Wildman–Crippen MR) is 110 cm³/mol. The molecule has 0 bridgehead atoms. The van der Waals surface area contributed by atoms with Gasteiger partial charge in [0.15, 0.2) is 0 Å². The minimum absolute atomic E-state index is 0.00842. The molecule has 7 nitrogen and oxygen atoms in total. The zero-order valence-electron chi connectivity index (χ0n) is 17.0. The van der Waals surface area contributed by atoms with Crippen molar-refractivity contribution in [3.05, 3.63) is 60.1 Å². The van der Waals surface area contributed by atoms with Crippen LogP contribution in [0.2, 0.25) is 0 Å². The van der Waals surface area contributed by atoms with E-state index in [1.807, 2.05) is 35.2 Å². The van der Waals surface area contributed by atoms with Crippen LogP contribution in [0.1, 0.15) is 47.6 Å². The zero-order chi connectivity index (χ0) is 20.9. The largest absolute Gasteiger partial charge is 0.472 e. The SMILES string of the molecule is O=C(N[C@@H](CN1CCCC1=O)c1ccccc1)C1CCN(C(=O)c2ccoc2)CC1. The van der Waals surface area contributed by atoms with Gasteiger partial charge in [0.05, 0.1) is 17.9 Å². The maximum atomic E-state index is 13.0. The zero-order valence-corrected chi connectivity index (χ0v) is 17.0. The van der Waals surface area contributed by atoms with Gasteiger partial charge in [0.1, 0.15) is 6.26 Å². The maximum absolute atomic E-state index is 13.0. The number of rotatable bonds is 6. The van der Waals surface area contributed by atoms with Gasteiger partial charge in [-0.15, -0.1) is 0 Å². The van der Waals surface area contributed by atoms with Crippen molar-refractivity contribution in [3.63, 3.8) is 0 Å². The fraction of sp³-hybridized carbons (Fsp3) is 0.435. The quantitative estimate of drug-likeness (QED) is 0.795. The molecule has 2 aliphatic heterocycles. The van der Waals surface area contributed by atoms with Gasteiger partial charge in [-0.3, -0.25) is 14.4 Å². The molecule has 1 atom stereocenters. The minimum Gasteiger partial charge on any atom is -0.472 e. The summed E-state index contributed by atoms with van der Waals surface area (Å²) in [5.41, 5.74) is 1.54. The summed E-state index contributed by atoms with van der Waals surface area (Å²) in [6, 6.07) is 11.2. The summed E-state index contributed by atoms with van der Waals surface area (Å²) < 4.78 is 4.99. The number of likely N-dealkylation sites (tertiary alicyclic amines) is 2. The van der Waals surface area contributed by atoms with Gasteiger partial charge in [0, 0.05) is 38.5 Å². The van der Waals surface area contributed by atoms with E-state index in [0.717, 1.165) is 18.5 Å². The molecule has 30 heavy (non-hydrogen) atoms. The fourth-order valence-corrected chi connectivity index (χ4v) is 4.24. The lowest BCUT2D eigenvalue weighted by molar-refractivity contribution is -0.130. The van der Waals surface area contributed by atoms with Crippen molar-refractivity contribution in [2.24, 2.45) is 5.92 Å². The predicted octanol–water partition coefficient (Wildman–Crippen LogP) is 2.61. The first-order valence-electron chi connectivity index (χ1n) is 10.6. The van der Waals surface area contributed by atoms with E-state index in [-0.39, 0.29) is 29.7 Å². The average molecular weight is 409 g/mol. The second-order valence-electron chi connectivity index (χ2n) is 7.99. The molecule has 1 aromatic heterocycles. The lowest BCUT2D eigenvalue weighted by Gasteiger charge is -2.32. The van der Waals surface area contributed by atoms with Gasteiger partial charge in [-0.05, 0) is 30.9 Å². The van der Waals surface area contributed by atoms with Crippen LogP contribution in [0.4, 0.5) is 0 Å². The molecule has 2 aliphatic rings. The number of amides is 3. The van der Waals surface area contributed by atoms with Crippen molar-refractivity contribution in [2.45, 2.75) is 31.7 Å². The molecule has 0 saturated carbocycles. The number of piperidine rings is 1. The van der Waals surface area contributed by atoms with Crippen LogP contribution in [0.15, 0.2) is 53.3 Å². The van der Waals surface area contributed by atoms with E-state index in [1.165, 1.54) is 12.5 Å². The minimum atomic E-state index is -0.230. The molecule has 4 rings (SSSR count). The lowest BCUT2D eigenvalue weighted by atomic mass is 9.94. The third-order valence-electron chi connectivity index (χ3n) is 6.01. The monoisotopic (exact) mass is 409 g/mol. The molecule has 1 N–H and O–H groups in total. The number of hydrogen-bond acceptors (Lipinski definition) is 4. The summed E-state index contributed by atoms with van der Waals surface area (Å²) in [4.78, 5) is 41.2. The molecule has 0 radical (unpaired) electrons. The Labute approximate surface area is 176 Å². The third-order valence-corrected chi connectivity index (χ3v) is 6.01. The van der Waals surface area contributed by atoms with E-state index in [4.69, 9.17) is 4.42 Å². The first-order chi connectivity index (χ1) is 14.6. The van der Waals surface area contributed by atoms with E-state index in [0.29, 0.717) is 44.5 Å². The van der Waals surface area contributed by atoms with Crippen LogP contribution in [0.25, 0.3) is 0 Å². The van der Waals surface area contributed by atoms with Crippen molar-refractivity contribution < 1.29 is 18.8 Å². The van der Waals surface area contributed by atoms with Crippen LogP contribution in [0.5, 0.6) is 0 Å². The molecular formula is C23H27N3O4. The molecule has 158 valence electrons. The van der Waals surface area contributed by atoms with E-state index in [2.05, 4.69) is 5.32 Å². The van der Waals surface area contributed by atoms with E-state index >= 15 is 0 Å². The Balaban J connectivity index is 1.37. The summed E-state index contributed by atoms with van der Waals surface area (Å²) in [6.07, 6.45) is 5.64. The number of carbonyl (C=O) groups is 3. The molecule has 2 saturated heterocycles. The van der Waals surface area contributed by atoms with Crippen LogP contribution >= 0.6 is 0 Å². The van der Waals surface area contributed by atoms with Gasteiger partial charge in [-0.1, -0.05) is 30.3 Å². The Morgan fingerprint density at radius 3 is 2.50 bits per heavy atom. The smallest absolute Gasteiger partial charge is 0.257 e. The topological polar surface area (TPSA) is 82.9 Å². The maximum Gasteiger partial charge on any atom is 0.257 e. The molecular weight excluding hydrogens is 382 g/mol. The molecule has 7 heteroatoms. The Kier molecular flexibility index (Phi) is 6.16. The fourth-order valence-electron chi connectivity index (χ4n) is 4.24. The summed E-state index contributed by atoms with van der Waals surface area (Å²) in [5.74, 6) is -0.0571. The van der Waals surface area contributed by atoms with Crippen LogP contribution in [0, 0.1) is 5.92 Å². The number of nitrogens with one attached hydrogen (secondary N) is 1. The van der Waals surface area contributed by atoms with Gasteiger partial charge >= 0.3 is 0 Å². The lowest BCUT2D eigenvalue weighted by Crippen LogP contribution is -2.45. The molecule has 0 unspecified atom stereocenters. The first-order valence-corrected chi connectivity index (χ1v) is 10.6. The Morgan fingerprint density at radius 2 is 1.87 bits per heavy atom. The standard InChI is InChI=1S/C23H27N3O4/c27-21-7-4-11-26(21)15-20(17-5-2-1-3-6-17)24-22(28)18-8-12-25(13-9-18)23(29)19-10-14-30-16-19/h1-3,5-6,10,14,16,18,20H,4,7-9,11-13,15H2,(H,24,28)/t20-/m0/s1. The highest BCUT2D eigenvalue weighted by Crippen LogP contribution is 2.23. The van der Waals surface area contributed by atoms with Crippen LogP contribution in [0.3, 0.4) is 0 Å². The number of furan rings is 1. The van der Waals surface area contributed by atoms with Crippen molar-refractivity contribution >= 4 is 17.7 Å². The van der Waals surface area contributed by atoms with Crippen molar-refractivity contribution in [1.29, 1.82) is 0 Å². The van der Waals surface area contributed by atoms with Crippen LogP contribution in [-0.4, -0.2) is 53.7 Å². The van der Waals surface area contributed by atoms with Gasteiger partial charge in [0.2, 0.25) is 11.8 Å². The van der Waals surface area contributed by atoms with Gasteiger partial charge in [-0.2, -0.15) is 0 Å². The Bertz CT molecular complexity index is 873. The molecule has 1 aromatic carbocycles. The normalized spacial score (nSPS) is 18.5. The van der Waals surface area contributed by atoms with E-state index < -0.39 is 0 Å².